The SMILES string of the molecule is COc1c(O)ccc2c(CC(=O)O)cc(=O)oc12. The van der Waals surface area contributed by atoms with Gasteiger partial charge in [0.25, 0.3) is 0 Å². The molecule has 1 aromatic heterocycles. The standard InChI is InChI=1S/C12H10O6/c1-17-12-8(13)3-2-7-6(4-9(14)15)5-10(16)18-11(7)12/h2-3,5,13H,4H2,1H3,(H,14,15). The normalized spacial score (nSPS) is 10.5. The summed E-state index contributed by atoms with van der Waals surface area (Å²) in [5, 5.41) is 18.8. The Hall–Kier alpha value is -2.50. The molecule has 18 heavy (non-hydrogen) atoms. The van der Waals surface area contributed by atoms with Crippen molar-refractivity contribution in [3.63, 3.8) is 0 Å². The number of carboxylic acids is 1. The number of carbonyl (C=O) groups is 1. The van der Waals surface area contributed by atoms with Gasteiger partial charge < -0.3 is 19.4 Å². The van der Waals surface area contributed by atoms with Crippen LogP contribution in [0.1, 0.15) is 5.56 Å². The van der Waals surface area contributed by atoms with Gasteiger partial charge in [-0.1, -0.05) is 0 Å². The van der Waals surface area contributed by atoms with E-state index in [-0.39, 0.29) is 23.5 Å². The Morgan fingerprint density at radius 1 is 1.44 bits per heavy atom. The summed E-state index contributed by atoms with van der Waals surface area (Å²) in [6.45, 7) is 0. The monoisotopic (exact) mass is 250 g/mol. The van der Waals surface area contributed by atoms with E-state index >= 15 is 0 Å². The Bertz CT molecular complexity index is 670. The molecule has 0 saturated heterocycles. The highest BCUT2D eigenvalue weighted by molar-refractivity contribution is 5.90. The van der Waals surface area contributed by atoms with Crippen LogP contribution >= 0.6 is 0 Å². The van der Waals surface area contributed by atoms with Crippen LogP contribution in [0.15, 0.2) is 27.4 Å². The average Bonchev–Trinajstić information content (AvgIpc) is 2.27. The number of benzene rings is 1. The fourth-order valence-electron chi connectivity index (χ4n) is 1.76. The van der Waals surface area contributed by atoms with Crippen LogP contribution in [-0.2, 0) is 11.2 Å². The predicted molar refractivity (Wildman–Crippen MR) is 62.0 cm³/mol. The number of hydrogen-bond donors (Lipinski definition) is 2. The Kier molecular flexibility index (Phi) is 2.93. The number of carboxylic acid groups (broad SMARTS) is 1. The molecule has 0 spiro atoms. The van der Waals surface area contributed by atoms with Crippen molar-refractivity contribution in [3.05, 3.63) is 34.2 Å². The lowest BCUT2D eigenvalue weighted by Gasteiger charge is -2.08. The highest BCUT2D eigenvalue weighted by Gasteiger charge is 2.15. The van der Waals surface area contributed by atoms with Crippen molar-refractivity contribution in [2.45, 2.75) is 6.42 Å². The molecule has 2 N–H and O–H groups in total. The number of phenols is 1. The Morgan fingerprint density at radius 2 is 2.17 bits per heavy atom. The summed E-state index contributed by atoms with van der Waals surface area (Å²) in [4.78, 5) is 22.1. The minimum atomic E-state index is -1.06. The van der Waals surface area contributed by atoms with Gasteiger partial charge in [-0.05, 0) is 17.7 Å². The lowest BCUT2D eigenvalue weighted by atomic mass is 10.1. The highest BCUT2D eigenvalue weighted by Crippen LogP contribution is 2.35. The molecule has 0 radical (unpaired) electrons. The Morgan fingerprint density at radius 3 is 2.78 bits per heavy atom. The molecule has 2 aromatic rings. The van der Waals surface area contributed by atoms with Crippen LogP contribution in [0.3, 0.4) is 0 Å². The Labute approximate surface area is 101 Å². The minimum absolute atomic E-state index is 0.0110. The van der Waals surface area contributed by atoms with Crippen LogP contribution in [-0.4, -0.2) is 23.3 Å². The molecule has 0 aliphatic rings. The summed E-state index contributed by atoms with van der Waals surface area (Å²) in [5.74, 6) is -1.23. The molecule has 0 saturated carbocycles. The van der Waals surface area contributed by atoms with Crippen molar-refractivity contribution < 1.29 is 24.2 Å². The number of fused-ring (bicyclic) bond motifs is 1. The van der Waals surface area contributed by atoms with Crippen molar-refractivity contribution in [1.29, 1.82) is 0 Å². The van der Waals surface area contributed by atoms with Crippen molar-refractivity contribution in [2.24, 2.45) is 0 Å². The van der Waals surface area contributed by atoms with E-state index < -0.39 is 11.6 Å². The molecule has 2 rings (SSSR count). The molecule has 0 atom stereocenters. The zero-order chi connectivity index (χ0) is 13.3. The zero-order valence-corrected chi connectivity index (χ0v) is 9.47. The number of ether oxygens (including phenoxy) is 1. The first-order valence-electron chi connectivity index (χ1n) is 5.07. The van der Waals surface area contributed by atoms with E-state index in [1.165, 1.54) is 19.2 Å². The number of aliphatic carboxylic acids is 1. The van der Waals surface area contributed by atoms with Crippen LogP contribution in [0.2, 0.25) is 0 Å². The van der Waals surface area contributed by atoms with Crippen molar-refractivity contribution >= 4 is 16.9 Å². The number of rotatable bonds is 3. The second kappa shape index (κ2) is 4.40. The maximum absolute atomic E-state index is 11.4. The molecule has 0 aliphatic carbocycles. The molecule has 6 nitrogen and oxygen atoms in total. The third-order valence-electron chi connectivity index (χ3n) is 2.48. The Balaban J connectivity index is 2.81. The molecule has 0 aliphatic heterocycles. The number of hydrogen-bond acceptors (Lipinski definition) is 5. The molecule has 6 heteroatoms. The van der Waals surface area contributed by atoms with Gasteiger partial charge in [0.1, 0.15) is 0 Å². The largest absolute Gasteiger partial charge is 0.504 e. The summed E-state index contributed by atoms with van der Waals surface area (Å²) in [5.41, 5.74) is -0.337. The average molecular weight is 250 g/mol. The van der Waals surface area contributed by atoms with Gasteiger partial charge in [0.15, 0.2) is 11.3 Å². The van der Waals surface area contributed by atoms with E-state index in [0.29, 0.717) is 10.9 Å². The van der Waals surface area contributed by atoms with Crippen LogP contribution in [0, 0.1) is 0 Å². The predicted octanol–water partition coefficient (Wildman–Crippen LogP) is 1.13. The second-order valence-electron chi connectivity index (χ2n) is 3.66. The number of methoxy groups -OCH3 is 1. The van der Waals surface area contributed by atoms with E-state index in [2.05, 4.69) is 0 Å². The molecular formula is C12H10O6. The summed E-state index contributed by atoms with van der Waals surface area (Å²) in [6, 6.07) is 3.95. The molecule has 0 unspecified atom stereocenters. The zero-order valence-electron chi connectivity index (χ0n) is 9.47. The van der Waals surface area contributed by atoms with E-state index in [9.17, 15) is 14.7 Å². The fourth-order valence-corrected chi connectivity index (χ4v) is 1.76. The lowest BCUT2D eigenvalue weighted by Crippen LogP contribution is -2.06. The quantitative estimate of drug-likeness (QED) is 0.792. The van der Waals surface area contributed by atoms with E-state index in [4.69, 9.17) is 14.3 Å². The van der Waals surface area contributed by atoms with Gasteiger partial charge in [-0.25, -0.2) is 4.79 Å². The van der Waals surface area contributed by atoms with Gasteiger partial charge in [0.2, 0.25) is 5.75 Å². The van der Waals surface area contributed by atoms with Gasteiger partial charge in [0.05, 0.1) is 13.5 Å². The molecule has 0 amide bonds. The number of aromatic hydroxyl groups is 1. The summed E-state index contributed by atoms with van der Waals surface area (Å²) < 4.78 is 9.90. The van der Waals surface area contributed by atoms with Crippen molar-refractivity contribution in [3.8, 4) is 11.5 Å². The van der Waals surface area contributed by atoms with Gasteiger partial charge >= 0.3 is 11.6 Å². The molecule has 1 heterocycles. The van der Waals surface area contributed by atoms with E-state index in [0.717, 1.165) is 6.07 Å². The minimum Gasteiger partial charge on any atom is -0.504 e. The van der Waals surface area contributed by atoms with Gasteiger partial charge in [-0.15, -0.1) is 0 Å². The molecular weight excluding hydrogens is 240 g/mol. The van der Waals surface area contributed by atoms with E-state index in [1.54, 1.807) is 0 Å². The van der Waals surface area contributed by atoms with E-state index in [1.807, 2.05) is 0 Å². The third-order valence-corrected chi connectivity index (χ3v) is 2.48. The van der Waals surface area contributed by atoms with Crippen LogP contribution in [0.25, 0.3) is 11.0 Å². The van der Waals surface area contributed by atoms with Crippen molar-refractivity contribution in [1.82, 2.24) is 0 Å². The first-order valence-corrected chi connectivity index (χ1v) is 5.07. The smallest absolute Gasteiger partial charge is 0.336 e. The molecule has 0 fully saturated rings. The molecule has 1 aromatic carbocycles. The number of phenolic OH excluding ortho intramolecular Hbond substituents is 1. The molecule has 0 bridgehead atoms. The lowest BCUT2D eigenvalue weighted by molar-refractivity contribution is -0.136. The maximum atomic E-state index is 11.4. The molecule has 94 valence electrons. The summed E-state index contributed by atoms with van der Waals surface area (Å²) in [7, 11) is 1.32. The van der Waals surface area contributed by atoms with Crippen molar-refractivity contribution in [2.75, 3.05) is 7.11 Å². The van der Waals surface area contributed by atoms with Gasteiger partial charge in [0, 0.05) is 11.5 Å². The maximum Gasteiger partial charge on any atom is 0.336 e. The third kappa shape index (κ3) is 2.00. The van der Waals surface area contributed by atoms with Crippen LogP contribution < -0.4 is 10.4 Å². The summed E-state index contributed by atoms with van der Waals surface area (Å²) in [6.07, 6.45) is -0.309. The van der Waals surface area contributed by atoms with Crippen LogP contribution in [0.5, 0.6) is 11.5 Å². The fraction of sp³-hybridized carbons (Fsp3) is 0.167. The van der Waals surface area contributed by atoms with Gasteiger partial charge in [-0.2, -0.15) is 0 Å². The van der Waals surface area contributed by atoms with Gasteiger partial charge in [-0.3, -0.25) is 4.79 Å². The summed E-state index contributed by atoms with van der Waals surface area (Å²) >= 11 is 0. The van der Waals surface area contributed by atoms with Crippen LogP contribution in [0.4, 0.5) is 0 Å². The topological polar surface area (TPSA) is 97.0 Å². The first-order chi connectivity index (χ1) is 8.52. The second-order valence-corrected chi connectivity index (χ2v) is 3.66. The first kappa shape index (κ1) is 12.0. The highest BCUT2D eigenvalue weighted by atomic mass is 16.5.